The lowest BCUT2D eigenvalue weighted by Crippen LogP contribution is -2.60. The van der Waals surface area contributed by atoms with Crippen molar-refractivity contribution in [2.24, 2.45) is 5.92 Å². The van der Waals surface area contributed by atoms with Crippen LogP contribution in [0.1, 0.15) is 26.7 Å². The van der Waals surface area contributed by atoms with Crippen molar-refractivity contribution in [2.45, 2.75) is 32.2 Å². The number of carbonyl (C=O) groups excluding carboxylic acids is 1. The van der Waals surface area contributed by atoms with E-state index in [1.165, 1.54) is 0 Å². The zero-order chi connectivity index (χ0) is 15.3. The number of rotatable bonds is 5. The Bertz CT molecular complexity index is 495. The van der Waals surface area contributed by atoms with Gasteiger partial charge in [-0.1, -0.05) is 30.7 Å². The maximum atomic E-state index is 12.6. The molecule has 2 rings (SSSR count). The molecule has 116 valence electrons. The average molecular weight is 311 g/mol. The summed E-state index contributed by atoms with van der Waals surface area (Å²) in [6.07, 6.45) is 1.58. The molecule has 0 aliphatic carbocycles. The third kappa shape index (κ3) is 3.33. The van der Waals surface area contributed by atoms with Gasteiger partial charge in [0.2, 0.25) is 0 Å². The van der Waals surface area contributed by atoms with Crippen LogP contribution in [0, 0.1) is 5.92 Å². The Hall–Kier alpha value is -1.26. The summed E-state index contributed by atoms with van der Waals surface area (Å²) in [5, 5.41) is 7.38. The highest BCUT2D eigenvalue weighted by atomic mass is 35.5. The summed E-state index contributed by atoms with van der Waals surface area (Å²) in [6, 6.07) is 7.52. The molecule has 1 aliphatic rings. The van der Waals surface area contributed by atoms with E-state index in [0.29, 0.717) is 18.1 Å². The first-order valence-electron chi connectivity index (χ1n) is 7.54. The molecule has 5 heteroatoms. The van der Waals surface area contributed by atoms with Crippen molar-refractivity contribution in [3.63, 3.8) is 0 Å². The lowest BCUT2D eigenvalue weighted by Gasteiger charge is -2.43. The van der Waals surface area contributed by atoms with E-state index in [9.17, 15) is 4.79 Å². The van der Waals surface area contributed by atoms with Crippen molar-refractivity contribution in [1.29, 1.82) is 0 Å². The van der Waals surface area contributed by atoms with Crippen LogP contribution in [0.5, 0.6) is 0 Å². The van der Waals surface area contributed by atoms with Crippen LogP contribution < -0.4 is 10.6 Å². The van der Waals surface area contributed by atoms with Gasteiger partial charge < -0.3 is 15.4 Å². The summed E-state index contributed by atoms with van der Waals surface area (Å²) >= 11 is 6.25. The third-order valence-corrected chi connectivity index (χ3v) is 4.48. The van der Waals surface area contributed by atoms with Crippen LogP contribution >= 0.6 is 11.6 Å². The number of nitrogens with one attached hydrogen (secondary N) is 2. The number of halogens is 1. The summed E-state index contributed by atoms with van der Waals surface area (Å²) in [5.74, 6) is -0.0140. The van der Waals surface area contributed by atoms with Gasteiger partial charge in [-0.2, -0.15) is 0 Å². The predicted molar refractivity (Wildman–Crippen MR) is 85.7 cm³/mol. The van der Waals surface area contributed by atoms with Crippen molar-refractivity contribution < 1.29 is 9.53 Å². The molecule has 1 fully saturated rings. The average Bonchev–Trinajstić information content (AvgIpc) is 2.50. The molecule has 0 spiro atoms. The van der Waals surface area contributed by atoms with E-state index in [2.05, 4.69) is 17.6 Å². The fourth-order valence-electron chi connectivity index (χ4n) is 2.98. The van der Waals surface area contributed by atoms with Crippen LogP contribution in [0.15, 0.2) is 24.3 Å². The molecule has 1 heterocycles. The SMILES string of the molecule is CCOC(=O)C1(Nc2ccccc2Cl)CCNCC1CC. The first kappa shape index (κ1) is 16.1. The molecular weight excluding hydrogens is 288 g/mol. The molecule has 21 heavy (non-hydrogen) atoms. The number of anilines is 1. The van der Waals surface area contributed by atoms with E-state index >= 15 is 0 Å². The van der Waals surface area contributed by atoms with Crippen molar-refractivity contribution in [3.05, 3.63) is 29.3 Å². The molecule has 0 amide bonds. The van der Waals surface area contributed by atoms with Crippen molar-refractivity contribution >= 4 is 23.3 Å². The molecular formula is C16H23ClN2O2. The van der Waals surface area contributed by atoms with Crippen LogP contribution in [0.25, 0.3) is 0 Å². The molecule has 2 atom stereocenters. The van der Waals surface area contributed by atoms with E-state index < -0.39 is 5.54 Å². The van der Waals surface area contributed by atoms with Crippen molar-refractivity contribution in [2.75, 3.05) is 25.0 Å². The Morgan fingerprint density at radius 2 is 2.24 bits per heavy atom. The molecule has 0 radical (unpaired) electrons. The van der Waals surface area contributed by atoms with Crippen molar-refractivity contribution in [1.82, 2.24) is 5.32 Å². The van der Waals surface area contributed by atoms with Crippen LogP contribution in [-0.4, -0.2) is 31.2 Å². The molecule has 4 nitrogen and oxygen atoms in total. The number of hydrogen-bond donors (Lipinski definition) is 2. The highest BCUT2D eigenvalue weighted by Crippen LogP contribution is 2.35. The van der Waals surface area contributed by atoms with Crippen LogP contribution in [0.3, 0.4) is 0 Å². The molecule has 0 saturated carbocycles. The predicted octanol–water partition coefficient (Wildman–Crippen LogP) is 3.07. The topological polar surface area (TPSA) is 50.4 Å². The van der Waals surface area contributed by atoms with Gasteiger partial charge in [0.1, 0.15) is 5.54 Å². The molecule has 1 aromatic carbocycles. The fraction of sp³-hybridized carbons (Fsp3) is 0.562. The fourth-order valence-corrected chi connectivity index (χ4v) is 3.16. The maximum absolute atomic E-state index is 12.6. The first-order chi connectivity index (χ1) is 10.1. The van der Waals surface area contributed by atoms with Gasteiger partial charge in [-0.15, -0.1) is 0 Å². The van der Waals surface area contributed by atoms with Crippen LogP contribution in [-0.2, 0) is 9.53 Å². The largest absolute Gasteiger partial charge is 0.464 e. The van der Waals surface area contributed by atoms with Crippen LogP contribution in [0.4, 0.5) is 5.69 Å². The number of benzene rings is 1. The Labute approximate surface area is 131 Å². The number of para-hydroxylation sites is 1. The van der Waals surface area contributed by atoms with Gasteiger partial charge in [0, 0.05) is 12.5 Å². The number of ether oxygens (including phenoxy) is 1. The smallest absolute Gasteiger partial charge is 0.332 e. The molecule has 1 aromatic rings. The minimum atomic E-state index is -0.707. The minimum Gasteiger partial charge on any atom is -0.464 e. The van der Waals surface area contributed by atoms with Gasteiger partial charge >= 0.3 is 5.97 Å². The lowest BCUT2D eigenvalue weighted by molar-refractivity contribution is -0.151. The summed E-state index contributed by atoms with van der Waals surface area (Å²) in [7, 11) is 0. The molecule has 1 saturated heterocycles. The molecule has 1 aliphatic heterocycles. The lowest BCUT2D eigenvalue weighted by atomic mass is 9.76. The molecule has 0 aromatic heterocycles. The van der Waals surface area contributed by atoms with E-state index in [-0.39, 0.29) is 11.9 Å². The van der Waals surface area contributed by atoms with Gasteiger partial charge in [-0.3, -0.25) is 0 Å². The number of carbonyl (C=O) groups is 1. The Kier molecular flexibility index (Phi) is 5.48. The normalized spacial score (nSPS) is 25.4. The third-order valence-electron chi connectivity index (χ3n) is 4.15. The zero-order valence-corrected chi connectivity index (χ0v) is 13.4. The number of esters is 1. The Morgan fingerprint density at radius 3 is 2.90 bits per heavy atom. The second-order valence-corrected chi connectivity index (χ2v) is 5.76. The number of piperidine rings is 1. The van der Waals surface area contributed by atoms with E-state index in [4.69, 9.17) is 16.3 Å². The summed E-state index contributed by atoms with van der Waals surface area (Å²) in [5.41, 5.74) is 0.0774. The maximum Gasteiger partial charge on any atom is 0.332 e. The molecule has 2 unspecified atom stereocenters. The van der Waals surface area contributed by atoms with Gasteiger partial charge in [0.15, 0.2) is 0 Å². The standard InChI is InChI=1S/C16H23ClN2O2/c1-3-12-11-18-10-9-16(12,15(20)21-4-2)19-14-8-6-5-7-13(14)17/h5-8,12,18-19H,3-4,9-11H2,1-2H3. The van der Waals surface area contributed by atoms with E-state index in [0.717, 1.165) is 25.2 Å². The second kappa shape index (κ2) is 7.14. The number of hydrogen-bond acceptors (Lipinski definition) is 4. The zero-order valence-electron chi connectivity index (χ0n) is 12.6. The second-order valence-electron chi connectivity index (χ2n) is 5.36. The first-order valence-corrected chi connectivity index (χ1v) is 7.92. The Balaban J connectivity index is 2.35. The van der Waals surface area contributed by atoms with Crippen molar-refractivity contribution in [3.8, 4) is 0 Å². The van der Waals surface area contributed by atoms with E-state index in [1.54, 1.807) is 0 Å². The summed E-state index contributed by atoms with van der Waals surface area (Å²) in [4.78, 5) is 12.6. The monoisotopic (exact) mass is 310 g/mol. The summed E-state index contributed by atoms with van der Waals surface area (Å²) < 4.78 is 5.36. The Morgan fingerprint density at radius 1 is 1.48 bits per heavy atom. The van der Waals surface area contributed by atoms with Gasteiger partial charge in [0.05, 0.1) is 17.3 Å². The van der Waals surface area contributed by atoms with Gasteiger partial charge in [-0.05, 0) is 38.4 Å². The van der Waals surface area contributed by atoms with Gasteiger partial charge in [0.25, 0.3) is 0 Å². The van der Waals surface area contributed by atoms with Crippen LogP contribution in [0.2, 0.25) is 5.02 Å². The van der Waals surface area contributed by atoms with E-state index in [1.807, 2.05) is 31.2 Å². The van der Waals surface area contributed by atoms with Gasteiger partial charge in [-0.25, -0.2) is 4.79 Å². The minimum absolute atomic E-state index is 0.168. The highest BCUT2D eigenvalue weighted by molar-refractivity contribution is 6.33. The molecule has 0 bridgehead atoms. The summed E-state index contributed by atoms with van der Waals surface area (Å²) in [6.45, 7) is 5.90. The molecule has 2 N–H and O–H groups in total. The highest BCUT2D eigenvalue weighted by Gasteiger charge is 2.47. The quantitative estimate of drug-likeness (QED) is 0.821.